The molecule has 1 amide bonds. The van der Waals surface area contributed by atoms with E-state index in [-0.39, 0.29) is 5.91 Å². The van der Waals surface area contributed by atoms with E-state index in [9.17, 15) is 9.59 Å². The maximum absolute atomic E-state index is 10.2. The van der Waals surface area contributed by atoms with Crippen molar-refractivity contribution in [2.24, 2.45) is 5.84 Å². The molecular weight excluding hydrogens is 172 g/mol. The lowest BCUT2D eigenvalue weighted by Gasteiger charge is -2.03. The van der Waals surface area contributed by atoms with Gasteiger partial charge in [0.15, 0.2) is 0 Å². The van der Waals surface area contributed by atoms with E-state index in [2.05, 4.69) is 17.9 Å². The Kier molecular flexibility index (Phi) is 9.09. The summed E-state index contributed by atoms with van der Waals surface area (Å²) in [5.74, 6) is 4.29. The van der Waals surface area contributed by atoms with Crippen LogP contribution in [-0.2, 0) is 14.3 Å². The SMILES string of the molecule is C=CC(=O)N(C)N.C=CC(=O)OC. The van der Waals surface area contributed by atoms with Crippen molar-refractivity contribution in [3.8, 4) is 0 Å². The van der Waals surface area contributed by atoms with Gasteiger partial charge in [0.05, 0.1) is 7.11 Å². The van der Waals surface area contributed by atoms with Crippen molar-refractivity contribution >= 4 is 11.9 Å². The van der Waals surface area contributed by atoms with Gasteiger partial charge in [-0.3, -0.25) is 9.80 Å². The van der Waals surface area contributed by atoms with Gasteiger partial charge in [-0.05, 0) is 6.08 Å². The largest absolute Gasteiger partial charge is 0.466 e. The van der Waals surface area contributed by atoms with Gasteiger partial charge in [0.1, 0.15) is 0 Å². The number of esters is 1. The molecule has 5 nitrogen and oxygen atoms in total. The average Bonchev–Trinajstić information content (AvgIpc) is 2.16. The predicted molar refractivity (Wildman–Crippen MR) is 49.4 cm³/mol. The highest BCUT2D eigenvalue weighted by Gasteiger charge is 1.92. The number of likely N-dealkylation sites (N-methyl/N-ethyl adjacent to an activating group) is 1. The number of ether oxygens (including phenoxy) is 1. The third-order valence-corrected chi connectivity index (χ3v) is 0.890. The second-order valence-corrected chi connectivity index (χ2v) is 1.88. The first-order valence-corrected chi connectivity index (χ1v) is 3.34. The summed E-state index contributed by atoms with van der Waals surface area (Å²) in [6.45, 7) is 6.37. The van der Waals surface area contributed by atoms with E-state index >= 15 is 0 Å². The van der Waals surface area contributed by atoms with Gasteiger partial charge in [-0.1, -0.05) is 13.2 Å². The zero-order valence-corrected chi connectivity index (χ0v) is 7.82. The third-order valence-electron chi connectivity index (χ3n) is 0.890. The summed E-state index contributed by atoms with van der Waals surface area (Å²) in [4.78, 5) is 20.0. The van der Waals surface area contributed by atoms with Crippen LogP contribution in [0.3, 0.4) is 0 Å². The quantitative estimate of drug-likeness (QED) is 0.214. The van der Waals surface area contributed by atoms with Crippen LogP contribution in [0.25, 0.3) is 0 Å². The van der Waals surface area contributed by atoms with Crippen LogP contribution in [-0.4, -0.2) is 31.0 Å². The molecule has 74 valence electrons. The molecule has 0 saturated carbocycles. The maximum atomic E-state index is 10.2. The van der Waals surface area contributed by atoms with Gasteiger partial charge in [-0.25, -0.2) is 10.6 Å². The lowest BCUT2D eigenvalue weighted by Crippen LogP contribution is -2.31. The van der Waals surface area contributed by atoms with Gasteiger partial charge in [0, 0.05) is 13.1 Å². The Morgan fingerprint density at radius 2 is 1.85 bits per heavy atom. The molecule has 13 heavy (non-hydrogen) atoms. The molecule has 0 fully saturated rings. The fourth-order valence-corrected chi connectivity index (χ4v) is 0.227. The number of nitrogens with zero attached hydrogens (tertiary/aromatic N) is 1. The van der Waals surface area contributed by atoms with E-state index < -0.39 is 5.97 Å². The van der Waals surface area contributed by atoms with E-state index in [0.717, 1.165) is 17.2 Å². The number of amides is 1. The number of carbonyl (C=O) groups excluding carboxylic acids is 2. The minimum atomic E-state index is -0.394. The van der Waals surface area contributed by atoms with E-state index in [1.54, 1.807) is 0 Å². The highest BCUT2D eigenvalue weighted by Crippen LogP contribution is 1.70. The number of nitrogens with two attached hydrogens (primary N) is 1. The standard InChI is InChI=1S/C4H8N2O.C4H6O2/c1-3-4(7)6(2)5;1-3-4(5)6-2/h3H,1,5H2,2H3;3H,1H2,2H3. The summed E-state index contributed by atoms with van der Waals surface area (Å²) < 4.78 is 4.14. The van der Waals surface area contributed by atoms with Crippen molar-refractivity contribution in [2.75, 3.05) is 14.2 Å². The Morgan fingerprint density at radius 1 is 1.38 bits per heavy atom. The van der Waals surface area contributed by atoms with E-state index in [1.807, 2.05) is 0 Å². The topological polar surface area (TPSA) is 72.6 Å². The molecule has 0 aromatic heterocycles. The van der Waals surface area contributed by atoms with Crippen molar-refractivity contribution in [2.45, 2.75) is 0 Å². The number of hydrazine groups is 1. The van der Waals surface area contributed by atoms with Gasteiger partial charge in [-0.15, -0.1) is 0 Å². The number of carbonyl (C=O) groups is 2. The Hall–Kier alpha value is -1.62. The summed E-state index contributed by atoms with van der Waals surface area (Å²) in [6, 6.07) is 0. The first-order chi connectivity index (χ1) is 5.99. The molecule has 2 N–H and O–H groups in total. The zero-order chi connectivity index (χ0) is 10.9. The molecule has 0 radical (unpaired) electrons. The molecule has 0 saturated heterocycles. The van der Waals surface area contributed by atoms with Crippen LogP contribution in [0.5, 0.6) is 0 Å². The van der Waals surface area contributed by atoms with Gasteiger partial charge >= 0.3 is 5.97 Å². The maximum Gasteiger partial charge on any atom is 0.329 e. The predicted octanol–water partition coefficient (Wildman–Crippen LogP) is -0.150. The molecular formula is C8H14N2O3. The van der Waals surface area contributed by atoms with Crippen LogP contribution in [0.1, 0.15) is 0 Å². The number of hydrogen-bond donors (Lipinski definition) is 1. The molecule has 0 aliphatic heterocycles. The molecule has 0 rings (SSSR count). The molecule has 0 spiro atoms. The fourth-order valence-electron chi connectivity index (χ4n) is 0.227. The summed E-state index contributed by atoms with van der Waals surface area (Å²) >= 11 is 0. The van der Waals surface area contributed by atoms with Gasteiger partial charge < -0.3 is 4.74 Å². The average molecular weight is 186 g/mol. The van der Waals surface area contributed by atoms with Crippen LogP contribution >= 0.6 is 0 Å². The summed E-state index contributed by atoms with van der Waals surface area (Å²) in [7, 11) is 2.77. The zero-order valence-electron chi connectivity index (χ0n) is 7.82. The normalized spacial score (nSPS) is 7.31. The molecule has 5 heteroatoms. The second kappa shape index (κ2) is 8.48. The number of hydrogen-bond acceptors (Lipinski definition) is 4. The summed E-state index contributed by atoms with van der Waals surface area (Å²) in [5.41, 5.74) is 0. The van der Waals surface area contributed by atoms with Crippen molar-refractivity contribution in [1.82, 2.24) is 5.01 Å². The van der Waals surface area contributed by atoms with Crippen molar-refractivity contribution < 1.29 is 14.3 Å². The van der Waals surface area contributed by atoms with Crippen LogP contribution in [0, 0.1) is 0 Å². The van der Waals surface area contributed by atoms with Gasteiger partial charge in [0.25, 0.3) is 5.91 Å². The van der Waals surface area contributed by atoms with E-state index in [0.29, 0.717) is 0 Å². The van der Waals surface area contributed by atoms with Crippen LogP contribution in [0.15, 0.2) is 25.3 Å². The second-order valence-electron chi connectivity index (χ2n) is 1.88. The molecule has 0 aromatic carbocycles. The fraction of sp³-hybridized carbons (Fsp3) is 0.250. The molecule has 0 aromatic rings. The third kappa shape index (κ3) is 10.4. The molecule has 0 bridgehead atoms. The number of rotatable bonds is 2. The molecule has 0 atom stereocenters. The minimum Gasteiger partial charge on any atom is -0.466 e. The molecule has 0 unspecified atom stereocenters. The first-order valence-electron chi connectivity index (χ1n) is 3.34. The Balaban J connectivity index is 0. The molecule has 0 aliphatic carbocycles. The molecule has 0 aliphatic rings. The van der Waals surface area contributed by atoms with Gasteiger partial charge in [-0.2, -0.15) is 0 Å². The highest BCUT2D eigenvalue weighted by atomic mass is 16.5. The first kappa shape index (κ1) is 13.9. The van der Waals surface area contributed by atoms with Crippen molar-refractivity contribution in [3.63, 3.8) is 0 Å². The smallest absolute Gasteiger partial charge is 0.329 e. The monoisotopic (exact) mass is 186 g/mol. The van der Waals surface area contributed by atoms with Crippen LogP contribution in [0.2, 0.25) is 0 Å². The van der Waals surface area contributed by atoms with Crippen LogP contribution in [0.4, 0.5) is 0 Å². The lowest BCUT2D eigenvalue weighted by atomic mass is 10.6. The van der Waals surface area contributed by atoms with Crippen LogP contribution < -0.4 is 5.84 Å². The van der Waals surface area contributed by atoms with Crippen molar-refractivity contribution in [1.29, 1.82) is 0 Å². The number of methoxy groups -OCH3 is 1. The summed E-state index contributed by atoms with van der Waals surface area (Å²) in [5, 5.41) is 0.965. The van der Waals surface area contributed by atoms with E-state index in [1.165, 1.54) is 14.2 Å². The summed E-state index contributed by atoms with van der Waals surface area (Å²) in [6.07, 6.45) is 2.26. The Bertz CT molecular complexity index is 200. The Morgan fingerprint density at radius 3 is 1.85 bits per heavy atom. The van der Waals surface area contributed by atoms with Crippen molar-refractivity contribution in [3.05, 3.63) is 25.3 Å². The van der Waals surface area contributed by atoms with Gasteiger partial charge in [0.2, 0.25) is 0 Å². The lowest BCUT2D eigenvalue weighted by molar-refractivity contribution is -0.134. The Labute approximate surface area is 77.4 Å². The molecule has 0 heterocycles. The minimum absolute atomic E-state index is 0.278. The van der Waals surface area contributed by atoms with E-state index in [4.69, 9.17) is 5.84 Å². The highest BCUT2D eigenvalue weighted by molar-refractivity contribution is 5.86.